The summed E-state index contributed by atoms with van der Waals surface area (Å²) in [5.74, 6) is 0.662. The van der Waals surface area contributed by atoms with Crippen LogP contribution >= 0.6 is 0 Å². The summed E-state index contributed by atoms with van der Waals surface area (Å²) < 4.78 is 1.67. The number of nitrogens with one attached hydrogen (secondary N) is 2. The van der Waals surface area contributed by atoms with Gasteiger partial charge in [0.25, 0.3) is 0 Å². The van der Waals surface area contributed by atoms with E-state index in [0.717, 1.165) is 30.5 Å². The Labute approximate surface area is 151 Å². The zero-order valence-corrected chi connectivity index (χ0v) is 14.3. The van der Waals surface area contributed by atoms with Crippen LogP contribution < -0.4 is 16.6 Å². The molecule has 1 amide bonds. The molecule has 26 heavy (non-hydrogen) atoms. The molecule has 3 heterocycles. The van der Waals surface area contributed by atoms with Crippen LogP contribution in [0.5, 0.6) is 0 Å². The van der Waals surface area contributed by atoms with Gasteiger partial charge in [0.05, 0.1) is 11.9 Å². The quantitative estimate of drug-likeness (QED) is 0.744. The highest BCUT2D eigenvalue weighted by molar-refractivity contribution is 5.79. The maximum atomic E-state index is 12.1. The summed E-state index contributed by atoms with van der Waals surface area (Å²) in [6.07, 6.45) is 8.08. The number of nitriles is 1. The molecular formula is C18H21N7O. The molecule has 8 nitrogen and oxygen atoms in total. The second kappa shape index (κ2) is 6.86. The van der Waals surface area contributed by atoms with E-state index in [1.807, 2.05) is 12.3 Å². The molecule has 0 aromatic carbocycles. The molecule has 4 N–H and O–H groups in total. The molecule has 4 rings (SSSR count). The fourth-order valence-electron chi connectivity index (χ4n) is 4.20. The van der Waals surface area contributed by atoms with Gasteiger partial charge in [0.2, 0.25) is 5.91 Å². The highest BCUT2D eigenvalue weighted by Crippen LogP contribution is 2.42. The summed E-state index contributed by atoms with van der Waals surface area (Å²) >= 11 is 0. The van der Waals surface area contributed by atoms with Gasteiger partial charge in [0.15, 0.2) is 5.69 Å². The molecule has 0 bridgehead atoms. The highest BCUT2D eigenvalue weighted by Gasteiger charge is 2.42. The van der Waals surface area contributed by atoms with Gasteiger partial charge in [-0.15, -0.1) is 0 Å². The Balaban J connectivity index is 1.57. The first-order chi connectivity index (χ1) is 12.7. The van der Waals surface area contributed by atoms with Crippen molar-refractivity contribution >= 4 is 5.91 Å². The standard InChI is InChI=1S/C18H21N7O/c19-7-13-3-4-25(24-13)14-5-12(9-21-10-14)11-1-2-15-16(6-11)17(8-20)22-23-18(15)26/h3-5,9-11,15-17,22H,1-2,6,8,20H2,(H,23,26). The number of fused-ring (bicyclic) bond motifs is 1. The average molecular weight is 351 g/mol. The topological polar surface area (TPSA) is 122 Å². The zero-order chi connectivity index (χ0) is 18.1. The molecule has 1 aliphatic heterocycles. The summed E-state index contributed by atoms with van der Waals surface area (Å²) in [4.78, 5) is 16.5. The Bertz CT molecular complexity index is 855. The molecule has 1 saturated heterocycles. The van der Waals surface area contributed by atoms with Gasteiger partial charge in [-0.3, -0.25) is 15.2 Å². The van der Waals surface area contributed by atoms with Crippen molar-refractivity contribution < 1.29 is 4.79 Å². The Morgan fingerprint density at radius 3 is 3.04 bits per heavy atom. The number of nitrogens with zero attached hydrogens (tertiary/aromatic N) is 4. The first kappa shape index (κ1) is 16.7. The summed E-state index contributed by atoms with van der Waals surface area (Å²) in [5.41, 5.74) is 14.0. The minimum Gasteiger partial charge on any atom is -0.329 e. The lowest BCUT2D eigenvalue weighted by molar-refractivity contribution is -0.133. The van der Waals surface area contributed by atoms with Crippen LogP contribution in [0.1, 0.15) is 36.4 Å². The molecule has 1 aliphatic carbocycles. The van der Waals surface area contributed by atoms with Crippen LogP contribution in [0.25, 0.3) is 5.69 Å². The van der Waals surface area contributed by atoms with Crippen molar-refractivity contribution in [1.82, 2.24) is 25.6 Å². The number of carbonyl (C=O) groups is 1. The van der Waals surface area contributed by atoms with Crippen LogP contribution in [-0.2, 0) is 4.79 Å². The predicted octanol–water partition coefficient (Wildman–Crippen LogP) is 0.601. The third-order valence-corrected chi connectivity index (χ3v) is 5.57. The van der Waals surface area contributed by atoms with E-state index in [1.54, 1.807) is 23.1 Å². The second-order valence-electron chi connectivity index (χ2n) is 6.99. The monoisotopic (exact) mass is 351 g/mol. The minimum atomic E-state index is 0.0292. The maximum Gasteiger partial charge on any atom is 0.237 e. The molecule has 1 saturated carbocycles. The van der Waals surface area contributed by atoms with Crippen LogP contribution in [-0.4, -0.2) is 33.3 Å². The molecule has 2 aromatic rings. The summed E-state index contributed by atoms with van der Waals surface area (Å²) in [7, 11) is 0. The second-order valence-corrected chi connectivity index (χ2v) is 6.99. The van der Waals surface area contributed by atoms with E-state index >= 15 is 0 Å². The summed E-state index contributed by atoms with van der Waals surface area (Å²) in [6.45, 7) is 0.497. The van der Waals surface area contributed by atoms with Crippen LogP contribution in [0.15, 0.2) is 30.7 Å². The van der Waals surface area contributed by atoms with Crippen molar-refractivity contribution in [2.75, 3.05) is 6.54 Å². The average Bonchev–Trinajstić information content (AvgIpc) is 3.17. The number of carbonyl (C=O) groups excluding carboxylic acids is 1. The van der Waals surface area contributed by atoms with Crippen molar-refractivity contribution in [3.8, 4) is 11.8 Å². The molecule has 134 valence electrons. The van der Waals surface area contributed by atoms with Crippen LogP contribution in [0.4, 0.5) is 0 Å². The molecule has 4 unspecified atom stereocenters. The van der Waals surface area contributed by atoms with Crippen LogP contribution in [0, 0.1) is 23.2 Å². The van der Waals surface area contributed by atoms with Gasteiger partial charge in [-0.05, 0) is 48.8 Å². The van der Waals surface area contributed by atoms with E-state index in [4.69, 9.17) is 11.0 Å². The van der Waals surface area contributed by atoms with Crippen molar-refractivity contribution in [2.24, 2.45) is 17.6 Å². The lowest BCUT2D eigenvalue weighted by atomic mass is 9.68. The molecule has 0 radical (unpaired) electrons. The van der Waals surface area contributed by atoms with E-state index < -0.39 is 0 Å². The molecule has 4 atom stereocenters. The molecule has 2 aliphatic rings. The van der Waals surface area contributed by atoms with Crippen molar-refractivity contribution in [2.45, 2.75) is 31.2 Å². The first-order valence-electron chi connectivity index (χ1n) is 8.86. The number of hydrogen-bond donors (Lipinski definition) is 3. The van der Waals surface area contributed by atoms with E-state index in [2.05, 4.69) is 27.0 Å². The Morgan fingerprint density at radius 2 is 2.27 bits per heavy atom. The number of aromatic nitrogens is 3. The Morgan fingerprint density at radius 1 is 1.38 bits per heavy atom. The van der Waals surface area contributed by atoms with E-state index in [9.17, 15) is 4.79 Å². The molecule has 0 spiro atoms. The van der Waals surface area contributed by atoms with Crippen molar-refractivity contribution in [1.29, 1.82) is 5.26 Å². The van der Waals surface area contributed by atoms with Crippen molar-refractivity contribution in [3.63, 3.8) is 0 Å². The lowest BCUT2D eigenvalue weighted by Crippen LogP contribution is -2.62. The van der Waals surface area contributed by atoms with Gasteiger partial charge in [0, 0.05) is 30.9 Å². The van der Waals surface area contributed by atoms with Gasteiger partial charge in [0.1, 0.15) is 6.07 Å². The van der Waals surface area contributed by atoms with Gasteiger partial charge in [-0.2, -0.15) is 10.4 Å². The number of pyridine rings is 1. The lowest BCUT2D eigenvalue weighted by Gasteiger charge is -2.43. The molecule has 2 aromatic heterocycles. The number of rotatable bonds is 3. The predicted molar refractivity (Wildman–Crippen MR) is 93.8 cm³/mol. The normalized spacial score (nSPS) is 28.1. The first-order valence-corrected chi connectivity index (χ1v) is 8.86. The van der Waals surface area contributed by atoms with Gasteiger partial charge in [-0.1, -0.05) is 0 Å². The molecule has 2 fully saturated rings. The number of nitrogens with two attached hydrogens (primary N) is 1. The minimum absolute atomic E-state index is 0.0292. The van der Waals surface area contributed by atoms with Crippen molar-refractivity contribution in [3.05, 3.63) is 42.0 Å². The van der Waals surface area contributed by atoms with Crippen LogP contribution in [0.2, 0.25) is 0 Å². The summed E-state index contributed by atoms with van der Waals surface area (Å²) in [6, 6.07) is 5.88. The Hall–Kier alpha value is -2.76. The SMILES string of the molecule is N#Cc1ccn(-c2cncc(C3CCC4C(=O)NNC(CN)C4C3)c2)n1. The fourth-order valence-corrected chi connectivity index (χ4v) is 4.20. The zero-order valence-electron chi connectivity index (χ0n) is 14.3. The smallest absolute Gasteiger partial charge is 0.237 e. The van der Waals surface area contributed by atoms with Gasteiger partial charge in [-0.25, -0.2) is 10.1 Å². The molecule has 8 heteroatoms. The number of hydrogen-bond acceptors (Lipinski definition) is 6. The third-order valence-electron chi connectivity index (χ3n) is 5.57. The third kappa shape index (κ3) is 2.96. The Kier molecular flexibility index (Phi) is 4.41. The fraction of sp³-hybridized carbons (Fsp3) is 0.444. The highest BCUT2D eigenvalue weighted by atomic mass is 16.2. The van der Waals surface area contributed by atoms with E-state index in [1.165, 1.54) is 0 Å². The largest absolute Gasteiger partial charge is 0.329 e. The van der Waals surface area contributed by atoms with Gasteiger partial charge >= 0.3 is 0 Å². The number of amides is 1. The van der Waals surface area contributed by atoms with E-state index in [-0.39, 0.29) is 23.8 Å². The van der Waals surface area contributed by atoms with Gasteiger partial charge < -0.3 is 5.73 Å². The molecular weight excluding hydrogens is 330 g/mol. The van der Waals surface area contributed by atoms with Crippen LogP contribution in [0.3, 0.4) is 0 Å². The van der Waals surface area contributed by atoms with E-state index in [0.29, 0.717) is 18.2 Å². The number of hydrazine groups is 1. The summed E-state index contributed by atoms with van der Waals surface area (Å²) in [5, 5.41) is 13.2. The maximum absolute atomic E-state index is 12.1.